The van der Waals surface area contributed by atoms with Crippen molar-refractivity contribution < 1.29 is 14.4 Å². The van der Waals surface area contributed by atoms with Gasteiger partial charge in [0.25, 0.3) is 5.91 Å². The van der Waals surface area contributed by atoms with E-state index in [0.29, 0.717) is 23.7 Å². The number of hydrogen-bond donors (Lipinski definition) is 2. The van der Waals surface area contributed by atoms with Crippen LogP contribution in [-0.2, 0) is 10.4 Å². The number of carbonyl (C=O) groups is 1. The lowest BCUT2D eigenvalue weighted by Crippen LogP contribution is -2.35. The minimum absolute atomic E-state index is 0.150. The molecule has 140 valence electrons. The fourth-order valence-electron chi connectivity index (χ4n) is 3.38. The van der Waals surface area contributed by atoms with Crippen LogP contribution in [0, 0.1) is 0 Å². The van der Waals surface area contributed by atoms with Gasteiger partial charge in [-0.05, 0) is 6.07 Å². The van der Waals surface area contributed by atoms with Gasteiger partial charge in [0.1, 0.15) is 5.69 Å². The van der Waals surface area contributed by atoms with E-state index in [9.17, 15) is 9.90 Å². The zero-order valence-corrected chi connectivity index (χ0v) is 15.0. The Morgan fingerprint density at radius 1 is 1.25 bits per heavy atom. The summed E-state index contributed by atoms with van der Waals surface area (Å²) in [5.41, 5.74) is 1.09. The van der Waals surface area contributed by atoms with Crippen LogP contribution < -0.4 is 0 Å². The van der Waals surface area contributed by atoms with Crippen molar-refractivity contribution in [2.75, 3.05) is 13.6 Å². The Bertz CT molecular complexity index is 1200. The number of hydrogen-bond acceptors (Lipinski definition) is 7. The molecule has 1 saturated heterocycles. The number of aliphatic hydroxyl groups is 1. The third-order valence-electron chi connectivity index (χ3n) is 5.03. The third-order valence-corrected chi connectivity index (χ3v) is 5.03. The Hall–Kier alpha value is -3.59. The summed E-state index contributed by atoms with van der Waals surface area (Å²) in [5, 5.41) is 22.4. The Morgan fingerprint density at radius 3 is 2.93 bits per heavy atom. The number of aromatic amines is 1. The summed E-state index contributed by atoms with van der Waals surface area (Å²) in [6, 6.07) is 9.11. The molecule has 1 aliphatic rings. The second kappa shape index (κ2) is 5.96. The number of carbonyl (C=O) groups excluding carboxylic acids is 1. The number of benzene rings is 1. The molecule has 1 atom stereocenters. The minimum atomic E-state index is -1.66. The second-order valence-corrected chi connectivity index (χ2v) is 6.86. The first kappa shape index (κ1) is 16.6. The molecule has 0 bridgehead atoms. The molecule has 0 spiro atoms. The summed E-state index contributed by atoms with van der Waals surface area (Å²) in [7, 11) is 1.65. The summed E-state index contributed by atoms with van der Waals surface area (Å²) in [5.74, 6) is 0.316. The molecule has 9 nitrogen and oxygen atoms in total. The molecule has 2 N–H and O–H groups in total. The highest BCUT2D eigenvalue weighted by atomic mass is 16.5. The first-order valence-electron chi connectivity index (χ1n) is 8.77. The molecule has 4 aromatic rings. The van der Waals surface area contributed by atoms with Crippen molar-refractivity contribution in [3.8, 4) is 22.6 Å². The molecule has 5 rings (SSSR count). The van der Waals surface area contributed by atoms with Crippen molar-refractivity contribution in [1.29, 1.82) is 0 Å². The van der Waals surface area contributed by atoms with Gasteiger partial charge in [-0.1, -0.05) is 23.4 Å². The lowest BCUT2D eigenvalue weighted by atomic mass is 9.98. The Morgan fingerprint density at radius 2 is 2.11 bits per heavy atom. The number of H-pyrrole nitrogens is 1. The lowest BCUT2D eigenvalue weighted by molar-refractivity contribution is -0.144. The van der Waals surface area contributed by atoms with Gasteiger partial charge in [-0.15, -0.1) is 0 Å². The zero-order valence-electron chi connectivity index (χ0n) is 15.0. The van der Waals surface area contributed by atoms with Crippen molar-refractivity contribution >= 4 is 16.9 Å². The summed E-state index contributed by atoms with van der Waals surface area (Å²) >= 11 is 0. The maximum absolute atomic E-state index is 12.3. The molecule has 1 aliphatic heterocycles. The van der Waals surface area contributed by atoms with Crippen molar-refractivity contribution in [1.82, 2.24) is 30.2 Å². The number of fused-ring (bicyclic) bond motifs is 1. The molecule has 0 unspecified atom stereocenters. The fourth-order valence-corrected chi connectivity index (χ4v) is 3.38. The summed E-state index contributed by atoms with van der Waals surface area (Å²) < 4.78 is 5.33. The molecular formula is C19H16N6O3. The third kappa shape index (κ3) is 2.48. The SMILES string of the molecule is CN1CC[C@@](O)(c2cc(-c3cccc(-c4ncc5cn[nH]c5n4)c3)no2)C1=O. The van der Waals surface area contributed by atoms with E-state index < -0.39 is 5.60 Å². The normalized spacial score (nSPS) is 19.6. The van der Waals surface area contributed by atoms with Crippen LogP contribution >= 0.6 is 0 Å². The monoisotopic (exact) mass is 376 g/mol. The standard InChI is InChI=1S/C19H16N6O3/c1-25-6-5-19(27,18(25)26)15-8-14(24-28-15)11-3-2-4-12(7-11)16-20-9-13-10-21-23-17(13)22-16/h2-4,7-10,27H,5-6H2,1H3,(H,20,21,22,23)/t19-/m1/s1. The zero-order chi connectivity index (χ0) is 19.3. The van der Waals surface area contributed by atoms with Crippen molar-refractivity contribution in [3.63, 3.8) is 0 Å². The number of amides is 1. The number of rotatable bonds is 3. The fraction of sp³-hybridized carbons (Fsp3) is 0.211. The number of likely N-dealkylation sites (N-methyl/N-ethyl adjacent to an activating group) is 1. The van der Waals surface area contributed by atoms with E-state index in [1.807, 2.05) is 24.3 Å². The van der Waals surface area contributed by atoms with Crippen LogP contribution in [0.2, 0.25) is 0 Å². The summed E-state index contributed by atoms with van der Waals surface area (Å²) in [6.45, 7) is 0.467. The number of nitrogens with one attached hydrogen (secondary N) is 1. The average Bonchev–Trinajstić information content (AvgIpc) is 3.45. The van der Waals surface area contributed by atoms with Crippen LogP contribution in [0.5, 0.6) is 0 Å². The van der Waals surface area contributed by atoms with E-state index >= 15 is 0 Å². The molecule has 1 fully saturated rings. The molecule has 0 aliphatic carbocycles. The predicted molar refractivity (Wildman–Crippen MR) is 98.8 cm³/mol. The molecule has 3 aromatic heterocycles. The van der Waals surface area contributed by atoms with E-state index in [1.54, 1.807) is 25.5 Å². The predicted octanol–water partition coefficient (Wildman–Crippen LogP) is 1.72. The molecule has 28 heavy (non-hydrogen) atoms. The van der Waals surface area contributed by atoms with Gasteiger partial charge in [-0.2, -0.15) is 5.10 Å². The quantitative estimate of drug-likeness (QED) is 0.558. The topological polar surface area (TPSA) is 121 Å². The van der Waals surface area contributed by atoms with Crippen LogP contribution in [0.25, 0.3) is 33.7 Å². The van der Waals surface area contributed by atoms with Gasteiger partial charge in [0.05, 0.1) is 11.6 Å². The molecule has 0 radical (unpaired) electrons. The molecule has 4 heterocycles. The van der Waals surface area contributed by atoms with Gasteiger partial charge in [0.2, 0.25) is 5.60 Å². The first-order valence-corrected chi connectivity index (χ1v) is 8.77. The molecule has 1 amide bonds. The van der Waals surface area contributed by atoms with Crippen LogP contribution in [0.15, 0.2) is 47.2 Å². The highest BCUT2D eigenvalue weighted by molar-refractivity contribution is 5.87. The second-order valence-electron chi connectivity index (χ2n) is 6.86. The van der Waals surface area contributed by atoms with E-state index in [1.165, 1.54) is 4.90 Å². The summed E-state index contributed by atoms with van der Waals surface area (Å²) in [6.07, 6.45) is 3.65. The van der Waals surface area contributed by atoms with Crippen LogP contribution in [0.1, 0.15) is 12.2 Å². The average molecular weight is 376 g/mol. The van der Waals surface area contributed by atoms with E-state index in [2.05, 4.69) is 25.3 Å². The van der Waals surface area contributed by atoms with Crippen molar-refractivity contribution in [3.05, 3.63) is 48.5 Å². The van der Waals surface area contributed by atoms with Gasteiger partial charge >= 0.3 is 0 Å². The number of nitrogens with zero attached hydrogens (tertiary/aromatic N) is 5. The van der Waals surface area contributed by atoms with E-state index in [4.69, 9.17) is 4.52 Å². The highest BCUT2D eigenvalue weighted by Crippen LogP contribution is 2.35. The van der Waals surface area contributed by atoms with Crippen molar-refractivity contribution in [2.45, 2.75) is 12.0 Å². The van der Waals surface area contributed by atoms with Crippen molar-refractivity contribution in [2.24, 2.45) is 0 Å². The van der Waals surface area contributed by atoms with Gasteiger partial charge in [0.15, 0.2) is 17.2 Å². The molecule has 0 saturated carbocycles. The molecular weight excluding hydrogens is 360 g/mol. The largest absolute Gasteiger partial charge is 0.373 e. The van der Waals surface area contributed by atoms with Gasteiger partial charge in [0, 0.05) is 43.4 Å². The molecule has 1 aromatic carbocycles. The van der Waals surface area contributed by atoms with Crippen LogP contribution in [0.4, 0.5) is 0 Å². The minimum Gasteiger partial charge on any atom is -0.373 e. The van der Waals surface area contributed by atoms with E-state index in [0.717, 1.165) is 16.5 Å². The number of aromatic nitrogens is 5. The highest BCUT2D eigenvalue weighted by Gasteiger charge is 2.48. The van der Waals surface area contributed by atoms with E-state index in [-0.39, 0.29) is 18.1 Å². The van der Waals surface area contributed by atoms with Gasteiger partial charge in [-0.25, -0.2) is 9.97 Å². The Labute approximate surface area is 159 Å². The maximum atomic E-state index is 12.3. The van der Waals surface area contributed by atoms with Crippen LogP contribution in [-0.4, -0.2) is 54.8 Å². The Kier molecular flexibility index (Phi) is 3.53. The summed E-state index contributed by atoms with van der Waals surface area (Å²) in [4.78, 5) is 22.6. The molecule has 9 heteroatoms. The number of likely N-dealkylation sites (tertiary alicyclic amines) is 1. The van der Waals surface area contributed by atoms with Gasteiger partial charge < -0.3 is 14.5 Å². The van der Waals surface area contributed by atoms with Gasteiger partial charge in [-0.3, -0.25) is 9.89 Å². The lowest BCUT2D eigenvalue weighted by Gasteiger charge is -2.16. The maximum Gasteiger partial charge on any atom is 0.262 e. The smallest absolute Gasteiger partial charge is 0.262 e. The first-order chi connectivity index (χ1) is 13.5. The van der Waals surface area contributed by atoms with Crippen LogP contribution in [0.3, 0.4) is 0 Å². The Balaban J connectivity index is 1.50.